The zero-order chi connectivity index (χ0) is 14.5. The molecule has 2 aromatic rings. The maximum atomic E-state index is 12.0. The van der Waals surface area contributed by atoms with Crippen molar-refractivity contribution in [2.75, 3.05) is 5.32 Å². The number of halogens is 1. The first-order valence-corrected chi connectivity index (χ1v) is 7.23. The Labute approximate surface area is 126 Å². The van der Waals surface area contributed by atoms with Crippen LogP contribution in [0.25, 0.3) is 0 Å². The molecule has 0 saturated carbocycles. The minimum absolute atomic E-state index is 0.166. The summed E-state index contributed by atoms with van der Waals surface area (Å²) < 4.78 is 0.747. The van der Waals surface area contributed by atoms with Gasteiger partial charge in [-0.15, -0.1) is 0 Å². The molecule has 0 bridgehead atoms. The molecule has 0 aliphatic heterocycles. The summed E-state index contributed by atoms with van der Waals surface area (Å²) in [5.41, 5.74) is 0.676. The standard InChI is InChI=1S/C14H13ClN2O2S/c1-10(20-13-4-2-3-9-17(13)19)14(18)16-12-7-5-11(15)6-8-12/h2-10H,1H3,(H,16,18). The number of nitrogens with zero attached hydrogens (tertiary/aromatic N) is 1. The second-order valence-corrected chi connectivity index (χ2v) is 5.92. The summed E-state index contributed by atoms with van der Waals surface area (Å²) in [6.07, 6.45) is 1.41. The van der Waals surface area contributed by atoms with Crippen molar-refractivity contribution in [1.82, 2.24) is 0 Å². The Kier molecular flexibility index (Phi) is 4.87. The van der Waals surface area contributed by atoms with Crippen molar-refractivity contribution in [3.8, 4) is 0 Å². The van der Waals surface area contributed by atoms with E-state index < -0.39 is 0 Å². The van der Waals surface area contributed by atoms with Gasteiger partial charge in [-0.05, 0) is 49.0 Å². The van der Waals surface area contributed by atoms with E-state index in [0.717, 1.165) is 4.73 Å². The summed E-state index contributed by atoms with van der Waals surface area (Å²) in [5, 5.41) is 15.0. The Hall–Kier alpha value is -1.72. The van der Waals surface area contributed by atoms with E-state index in [4.69, 9.17) is 11.6 Å². The van der Waals surface area contributed by atoms with Crippen LogP contribution < -0.4 is 10.0 Å². The van der Waals surface area contributed by atoms with Crippen LogP contribution in [-0.2, 0) is 4.79 Å². The van der Waals surface area contributed by atoms with E-state index in [2.05, 4.69) is 5.32 Å². The highest BCUT2D eigenvalue weighted by Crippen LogP contribution is 2.21. The average Bonchev–Trinajstić information content (AvgIpc) is 2.44. The molecular formula is C14H13ClN2O2S. The zero-order valence-corrected chi connectivity index (χ0v) is 12.3. The number of carbonyl (C=O) groups excluding carboxylic acids is 1. The lowest BCUT2D eigenvalue weighted by Crippen LogP contribution is -2.30. The Bertz CT molecular complexity index is 604. The van der Waals surface area contributed by atoms with E-state index in [0.29, 0.717) is 15.7 Å². The van der Waals surface area contributed by atoms with Crippen molar-refractivity contribution in [3.63, 3.8) is 0 Å². The normalized spacial score (nSPS) is 11.9. The highest BCUT2D eigenvalue weighted by atomic mass is 35.5. The van der Waals surface area contributed by atoms with Crippen LogP contribution in [0.3, 0.4) is 0 Å². The molecule has 4 nitrogen and oxygen atoms in total. The quantitative estimate of drug-likeness (QED) is 0.536. The molecule has 0 fully saturated rings. The Morgan fingerprint density at radius 1 is 1.30 bits per heavy atom. The molecule has 0 aliphatic carbocycles. The molecule has 1 N–H and O–H groups in total. The van der Waals surface area contributed by atoms with E-state index in [1.165, 1.54) is 18.0 Å². The Morgan fingerprint density at radius 3 is 2.65 bits per heavy atom. The number of amides is 1. The van der Waals surface area contributed by atoms with Gasteiger partial charge in [-0.25, -0.2) is 0 Å². The number of aromatic nitrogens is 1. The smallest absolute Gasteiger partial charge is 0.252 e. The molecule has 0 saturated heterocycles. The summed E-state index contributed by atoms with van der Waals surface area (Å²) in [6.45, 7) is 1.75. The van der Waals surface area contributed by atoms with Gasteiger partial charge in [0.25, 0.3) is 5.03 Å². The molecule has 1 unspecified atom stereocenters. The van der Waals surface area contributed by atoms with Gasteiger partial charge in [0.2, 0.25) is 5.91 Å². The highest BCUT2D eigenvalue weighted by molar-refractivity contribution is 8.00. The second kappa shape index (κ2) is 6.63. The van der Waals surface area contributed by atoms with E-state index in [1.54, 1.807) is 49.4 Å². The van der Waals surface area contributed by atoms with E-state index >= 15 is 0 Å². The van der Waals surface area contributed by atoms with Crippen LogP contribution in [0.1, 0.15) is 6.92 Å². The first kappa shape index (κ1) is 14.7. The molecule has 1 aromatic heterocycles. The third-order valence-electron chi connectivity index (χ3n) is 2.57. The minimum Gasteiger partial charge on any atom is -0.618 e. The zero-order valence-electron chi connectivity index (χ0n) is 10.7. The van der Waals surface area contributed by atoms with Gasteiger partial charge < -0.3 is 10.5 Å². The largest absolute Gasteiger partial charge is 0.618 e. The highest BCUT2D eigenvalue weighted by Gasteiger charge is 2.18. The number of hydrogen-bond donors (Lipinski definition) is 1. The molecule has 1 heterocycles. The van der Waals surface area contributed by atoms with Gasteiger partial charge in [0.15, 0.2) is 6.20 Å². The fraction of sp³-hybridized carbons (Fsp3) is 0.143. The number of carbonyl (C=O) groups is 1. The summed E-state index contributed by atoms with van der Waals surface area (Å²) in [6, 6.07) is 12.0. The third kappa shape index (κ3) is 3.88. The summed E-state index contributed by atoms with van der Waals surface area (Å²) in [7, 11) is 0. The Balaban J connectivity index is 1.99. The molecule has 0 radical (unpaired) electrons. The molecule has 1 amide bonds. The molecule has 20 heavy (non-hydrogen) atoms. The first-order chi connectivity index (χ1) is 9.56. The van der Waals surface area contributed by atoms with Gasteiger partial charge >= 0.3 is 0 Å². The van der Waals surface area contributed by atoms with Crippen molar-refractivity contribution in [2.24, 2.45) is 0 Å². The Morgan fingerprint density at radius 2 is 2.00 bits per heavy atom. The van der Waals surface area contributed by atoms with Gasteiger partial charge in [0.1, 0.15) is 0 Å². The van der Waals surface area contributed by atoms with Gasteiger partial charge in [0.05, 0.1) is 5.25 Å². The lowest BCUT2D eigenvalue weighted by Gasteiger charge is -2.11. The van der Waals surface area contributed by atoms with Crippen molar-refractivity contribution >= 4 is 35.0 Å². The maximum Gasteiger partial charge on any atom is 0.252 e. The van der Waals surface area contributed by atoms with Gasteiger partial charge in [0, 0.05) is 22.8 Å². The number of benzene rings is 1. The number of hydrogen-bond acceptors (Lipinski definition) is 3. The van der Waals surface area contributed by atoms with Crippen LogP contribution in [-0.4, -0.2) is 11.2 Å². The van der Waals surface area contributed by atoms with Crippen molar-refractivity contribution in [2.45, 2.75) is 17.2 Å². The van der Waals surface area contributed by atoms with E-state index in [9.17, 15) is 10.0 Å². The van der Waals surface area contributed by atoms with Crippen LogP contribution >= 0.6 is 23.4 Å². The fourth-order valence-electron chi connectivity index (χ4n) is 1.52. The number of anilines is 1. The third-order valence-corrected chi connectivity index (χ3v) is 3.94. The van der Waals surface area contributed by atoms with Gasteiger partial charge in [-0.3, -0.25) is 4.79 Å². The predicted octanol–water partition coefficient (Wildman–Crippen LogP) is 3.09. The molecule has 0 aliphatic rings. The van der Waals surface area contributed by atoms with E-state index in [-0.39, 0.29) is 11.2 Å². The first-order valence-electron chi connectivity index (χ1n) is 5.97. The van der Waals surface area contributed by atoms with Crippen molar-refractivity contribution < 1.29 is 9.52 Å². The number of thioether (sulfide) groups is 1. The average molecular weight is 309 g/mol. The van der Waals surface area contributed by atoms with Crippen LogP contribution in [0, 0.1) is 5.21 Å². The van der Waals surface area contributed by atoms with Crippen molar-refractivity contribution in [3.05, 3.63) is 58.9 Å². The maximum absolute atomic E-state index is 12.0. The van der Waals surface area contributed by atoms with Gasteiger partial charge in [-0.2, -0.15) is 4.73 Å². The molecule has 0 spiro atoms. The number of rotatable bonds is 4. The monoisotopic (exact) mass is 308 g/mol. The van der Waals surface area contributed by atoms with Crippen molar-refractivity contribution in [1.29, 1.82) is 0 Å². The summed E-state index contributed by atoms with van der Waals surface area (Å²) in [4.78, 5) is 12.0. The van der Waals surface area contributed by atoms with Crippen LogP contribution in [0.2, 0.25) is 5.02 Å². The fourth-order valence-corrected chi connectivity index (χ4v) is 2.49. The minimum atomic E-state index is -0.381. The summed E-state index contributed by atoms with van der Waals surface area (Å²) >= 11 is 6.99. The number of pyridine rings is 1. The van der Waals surface area contributed by atoms with Crippen LogP contribution in [0.4, 0.5) is 5.69 Å². The predicted molar refractivity (Wildman–Crippen MR) is 80.8 cm³/mol. The molecule has 2 rings (SSSR count). The lowest BCUT2D eigenvalue weighted by atomic mass is 10.3. The second-order valence-electron chi connectivity index (χ2n) is 4.12. The van der Waals surface area contributed by atoms with E-state index in [1.807, 2.05) is 0 Å². The molecule has 1 aromatic carbocycles. The summed E-state index contributed by atoms with van der Waals surface area (Å²) in [5.74, 6) is -0.166. The topological polar surface area (TPSA) is 56.0 Å². The SMILES string of the molecule is CC(Sc1cccc[n+]1[O-])C(=O)Nc1ccc(Cl)cc1. The molecular weight excluding hydrogens is 296 g/mol. The molecule has 1 atom stereocenters. The van der Waals surface area contributed by atoms with Crippen LogP contribution in [0.5, 0.6) is 0 Å². The molecule has 6 heteroatoms. The lowest BCUT2D eigenvalue weighted by molar-refractivity contribution is -0.645. The molecule has 104 valence electrons. The van der Waals surface area contributed by atoms with Crippen LogP contribution in [0.15, 0.2) is 53.7 Å². The van der Waals surface area contributed by atoms with Gasteiger partial charge in [-0.1, -0.05) is 11.6 Å². The number of nitrogens with one attached hydrogen (secondary N) is 1.